The van der Waals surface area contributed by atoms with Gasteiger partial charge in [0.25, 0.3) is 0 Å². The highest BCUT2D eigenvalue weighted by molar-refractivity contribution is 6.06. The van der Waals surface area contributed by atoms with E-state index in [4.69, 9.17) is 0 Å². The van der Waals surface area contributed by atoms with Gasteiger partial charge in [-0.05, 0) is 13.0 Å². The number of nitrogens with zero attached hydrogens (tertiary/aromatic N) is 2. The van der Waals surface area contributed by atoms with Crippen LogP contribution in [-0.4, -0.2) is 21.8 Å². The fourth-order valence-electron chi connectivity index (χ4n) is 1.69. The van der Waals surface area contributed by atoms with Crippen molar-refractivity contribution >= 4 is 16.8 Å². The molecule has 0 bridgehead atoms. The highest BCUT2D eigenvalue weighted by Crippen LogP contribution is 2.34. The Kier molecular flexibility index (Phi) is 3.03. The van der Waals surface area contributed by atoms with Crippen molar-refractivity contribution in [1.29, 1.82) is 0 Å². The molecule has 2 aromatic heterocycles. The highest BCUT2D eigenvalue weighted by Gasteiger charge is 2.44. The number of ketones is 1. The quantitative estimate of drug-likeness (QED) is 0.638. The lowest BCUT2D eigenvalue weighted by Crippen LogP contribution is -2.31. The number of carbonyl (C=O) groups is 1. The zero-order chi connectivity index (χ0) is 14.4. The number of halogens is 5. The van der Waals surface area contributed by atoms with E-state index >= 15 is 0 Å². The normalized spacial score (nSPS) is 12.4. The summed E-state index contributed by atoms with van der Waals surface area (Å²) < 4.78 is 64.3. The molecule has 0 aliphatic rings. The molecule has 2 heterocycles. The van der Waals surface area contributed by atoms with E-state index in [-0.39, 0.29) is 15.5 Å². The highest BCUT2D eigenvalue weighted by atomic mass is 19.3. The molecule has 2 aromatic rings. The van der Waals surface area contributed by atoms with Crippen molar-refractivity contribution < 1.29 is 26.7 Å². The van der Waals surface area contributed by atoms with Gasteiger partial charge in [0.1, 0.15) is 11.5 Å². The number of alkyl halides is 4. The summed E-state index contributed by atoms with van der Waals surface area (Å²) >= 11 is 0. The van der Waals surface area contributed by atoms with Crippen LogP contribution >= 0.6 is 0 Å². The topological polar surface area (TPSA) is 34.9 Å². The number of hydrogen-bond donors (Lipinski definition) is 0. The molecular formula is C11H7F5N2O. The first-order valence-electron chi connectivity index (χ1n) is 5.09. The Bertz CT molecular complexity index is 650. The molecule has 0 saturated carbocycles. The summed E-state index contributed by atoms with van der Waals surface area (Å²) in [5, 5.41) is -0.229. The molecule has 0 aromatic carbocycles. The van der Waals surface area contributed by atoms with E-state index in [2.05, 4.69) is 4.98 Å². The molecule has 0 aliphatic heterocycles. The van der Waals surface area contributed by atoms with Crippen molar-refractivity contribution in [3.05, 3.63) is 29.8 Å². The standard InChI is InChI=1S/C11H7F5N2O/c1-5(19)8-4-18(11(15,16)10(13)14)9-7(8)2-6(12)3-17-9/h2-4,10H,1H3. The van der Waals surface area contributed by atoms with Crippen LogP contribution in [0.25, 0.3) is 11.0 Å². The molecule has 0 radical (unpaired) electrons. The maximum absolute atomic E-state index is 13.4. The number of Topliss-reactive ketones (excluding diaryl/α,β-unsaturated/α-hetero) is 1. The largest absolute Gasteiger partial charge is 0.390 e. The third kappa shape index (κ3) is 2.06. The van der Waals surface area contributed by atoms with Crippen LogP contribution in [0.2, 0.25) is 0 Å². The summed E-state index contributed by atoms with van der Waals surface area (Å²) in [5.41, 5.74) is -0.862. The van der Waals surface area contributed by atoms with Gasteiger partial charge in [0.15, 0.2) is 5.78 Å². The number of pyridine rings is 1. The van der Waals surface area contributed by atoms with Crippen molar-refractivity contribution in [2.45, 2.75) is 19.4 Å². The minimum atomic E-state index is -4.53. The average molecular weight is 278 g/mol. The van der Waals surface area contributed by atoms with E-state index in [0.717, 1.165) is 13.0 Å². The number of fused-ring (bicyclic) bond motifs is 1. The number of aromatic nitrogens is 2. The minimum absolute atomic E-state index is 0.108. The average Bonchev–Trinajstić information content (AvgIpc) is 2.67. The molecule has 0 saturated heterocycles. The van der Waals surface area contributed by atoms with Crippen LogP contribution in [0, 0.1) is 5.82 Å². The van der Waals surface area contributed by atoms with Gasteiger partial charge >= 0.3 is 12.5 Å². The summed E-state index contributed by atoms with van der Waals surface area (Å²) in [6, 6.07) is -3.73. The van der Waals surface area contributed by atoms with Crippen molar-refractivity contribution in [3.63, 3.8) is 0 Å². The van der Waals surface area contributed by atoms with Gasteiger partial charge in [0, 0.05) is 17.1 Å². The number of rotatable bonds is 3. The van der Waals surface area contributed by atoms with Gasteiger partial charge in [0.05, 0.1) is 6.20 Å². The van der Waals surface area contributed by atoms with Gasteiger partial charge in [-0.25, -0.2) is 18.2 Å². The van der Waals surface area contributed by atoms with E-state index in [9.17, 15) is 26.7 Å². The fraction of sp³-hybridized carbons (Fsp3) is 0.273. The Hall–Kier alpha value is -1.99. The van der Waals surface area contributed by atoms with Crippen molar-refractivity contribution in [2.75, 3.05) is 0 Å². The molecular weight excluding hydrogens is 271 g/mol. The summed E-state index contributed by atoms with van der Waals surface area (Å²) in [5.74, 6) is -1.51. The maximum atomic E-state index is 13.4. The summed E-state index contributed by atoms with van der Waals surface area (Å²) in [6.45, 7) is 1.06. The Morgan fingerprint density at radius 2 is 2.05 bits per heavy atom. The Morgan fingerprint density at radius 1 is 1.42 bits per heavy atom. The monoisotopic (exact) mass is 278 g/mol. The Labute approximate surface area is 103 Å². The third-order valence-electron chi connectivity index (χ3n) is 2.57. The molecule has 102 valence electrons. The molecule has 0 atom stereocenters. The lowest BCUT2D eigenvalue weighted by Gasteiger charge is -2.17. The molecule has 19 heavy (non-hydrogen) atoms. The van der Waals surface area contributed by atoms with Gasteiger partial charge in [-0.1, -0.05) is 0 Å². The predicted molar refractivity (Wildman–Crippen MR) is 55.9 cm³/mol. The summed E-state index contributed by atoms with van der Waals surface area (Å²) in [6.07, 6.45) is -2.80. The van der Waals surface area contributed by atoms with Crippen molar-refractivity contribution in [1.82, 2.24) is 9.55 Å². The van der Waals surface area contributed by atoms with Crippen LogP contribution in [-0.2, 0) is 6.05 Å². The molecule has 0 aliphatic carbocycles. The first kappa shape index (κ1) is 13.4. The van der Waals surface area contributed by atoms with E-state index in [1.54, 1.807) is 0 Å². The molecule has 0 unspecified atom stereocenters. The van der Waals surface area contributed by atoms with Crippen LogP contribution in [0.1, 0.15) is 17.3 Å². The van der Waals surface area contributed by atoms with Gasteiger partial charge < -0.3 is 0 Å². The van der Waals surface area contributed by atoms with Crippen LogP contribution in [0.5, 0.6) is 0 Å². The lowest BCUT2D eigenvalue weighted by atomic mass is 10.1. The smallest absolute Gasteiger partial charge is 0.294 e. The second-order valence-electron chi connectivity index (χ2n) is 3.88. The molecule has 0 N–H and O–H groups in total. The molecule has 8 heteroatoms. The summed E-state index contributed by atoms with van der Waals surface area (Å²) in [4.78, 5) is 14.6. The van der Waals surface area contributed by atoms with Gasteiger partial charge in [-0.3, -0.25) is 9.36 Å². The van der Waals surface area contributed by atoms with E-state index in [1.807, 2.05) is 0 Å². The SMILES string of the molecule is CC(=O)c1cn(C(F)(F)C(F)F)c2ncc(F)cc12. The van der Waals surface area contributed by atoms with E-state index in [1.165, 1.54) is 0 Å². The van der Waals surface area contributed by atoms with Crippen LogP contribution < -0.4 is 0 Å². The summed E-state index contributed by atoms with van der Waals surface area (Å²) in [7, 11) is 0. The molecule has 3 nitrogen and oxygen atoms in total. The zero-order valence-corrected chi connectivity index (χ0v) is 9.50. The van der Waals surface area contributed by atoms with Gasteiger partial charge in [0.2, 0.25) is 0 Å². The predicted octanol–water partition coefficient (Wildman–Crippen LogP) is 3.19. The molecule has 0 amide bonds. The molecule has 2 rings (SSSR count). The van der Waals surface area contributed by atoms with Crippen molar-refractivity contribution in [3.8, 4) is 0 Å². The Morgan fingerprint density at radius 3 is 2.58 bits per heavy atom. The minimum Gasteiger partial charge on any atom is -0.294 e. The molecule has 0 fully saturated rings. The third-order valence-corrected chi connectivity index (χ3v) is 2.57. The molecule has 0 spiro atoms. The van der Waals surface area contributed by atoms with Crippen LogP contribution in [0.15, 0.2) is 18.5 Å². The zero-order valence-electron chi connectivity index (χ0n) is 9.50. The fourth-order valence-corrected chi connectivity index (χ4v) is 1.69. The van der Waals surface area contributed by atoms with E-state index in [0.29, 0.717) is 12.4 Å². The lowest BCUT2D eigenvalue weighted by molar-refractivity contribution is -0.187. The van der Waals surface area contributed by atoms with Crippen LogP contribution in [0.3, 0.4) is 0 Å². The van der Waals surface area contributed by atoms with Gasteiger partial charge in [-0.2, -0.15) is 8.78 Å². The Balaban J connectivity index is 2.80. The maximum Gasteiger partial charge on any atom is 0.390 e. The first-order valence-corrected chi connectivity index (χ1v) is 5.09. The van der Waals surface area contributed by atoms with Gasteiger partial charge in [-0.15, -0.1) is 0 Å². The number of carbonyl (C=O) groups excluding carboxylic acids is 1. The van der Waals surface area contributed by atoms with E-state index < -0.39 is 29.7 Å². The van der Waals surface area contributed by atoms with Crippen LogP contribution in [0.4, 0.5) is 22.0 Å². The van der Waals surface area contributed by atoms with Crippen molar-refractivity contribution in [2.24, 2.45) is 0 Å². The second-order valence-corrected chi connectivity index (χ2v) is 3.88. The second kappa shape index (κ2) is 4.29. The number of hydrogen-bond acceptors (Lipinski definition) is 2. The first-order chi connectivity index (χ1) is 8.75.